The SMILES string of the molecule is CC(CO)(CO)NS(=O)(=O)c1cccnc1Cl. The Bertz CT molecular complexity index is 488. The molecule has 0 aliphatic rings. The minimum absolute atomic E-state index is 0.168. The quantitative estimate of drug-likeness (QED) is 0.646. The lowest BCUT2D eigenvalue weighted by Gasteiger charge is -2.25. The monoisotopic (exact) mass is 280 g/mol. The van der Waals surface area contributed by atoms with Crippen molar-refractivity contribution in [1.82, 2.24) is 9.71 Å². The van der Waals surface area contributed by atoms with Crippen molar-refractivity contribution in [2.45, 2.75) is 17.4 Å². The average Bonchev–Trinajstić information content (AvgIpc) is 2.28. The Morgan fingerprint density at radius 3 is 2.53 bits per heavy atom. The Hall–Kier alpha value is -0.730. The van der Waals surface area contributed by atoms with Crippen molar-refractivity contribution < 1.29 is 18.6 Å². The summed E-state index contributed by atoms with van der Waals surface area (Å²) in [5, 5.41) is 17.9. The van der Waals surface area contributed by atoms with Gasteiger partial charge in [0, 0.05) is 6.20 Å². The highest BCUT2D eigenvalue weighted by atomic mass is 35.5. The second-order valence-corrected chi connectivity index (χ2v) is 5.78. The molecule has 0 fully saturated rings. The molecule has 0 bridgehead atoms. The summed E-state index contributed by atoms with van der Waals surface area (Å²) in [5.74, 6) is 0. The number of nitrogens with zero attached hydrogens (tertiary/aromatic N) is 1. The largest absolute Gasteiger partial charge is 0.394 e. The topological polar surface area (TPSA) is 99.5 Å². The third kappa shape index (κ3) is 3.36. The van der Waals surface area contributed by atoms with E-state index in [0.29, 0.717) is 0 Å². The second-order valence-electron chi connectivity index (χ2n) is 3.77. The number of hydrogen-bond donors (Lipinski definition) is 3. The van der Waals surface area contributed by atoms with Crippen LogP contribution >= 0.6 is 11.6 Å². The minimum atomic E-state index is -3.94. The van der Waals surface area contributed by atoms with Gasteiger partial charge in [-0.25, -0.2) is 18.1 Å². The smallest absolute Gasteiger partial charge is 0.244 e. The van der Waals surface area contributed by atoms with Gasteiger partial charge in [-0.3, -0.25) is 0 Å². The first kappa shape index (κ1) is 14.3. The standard InChI is InChI=1S/C9H13ClN2O4S/c1-9(5-13,6-14)12-17(15,16)7-3-2-4-11-8(7)10/h2-4,12-14H,5-6H2,1H3. The van der Waals surface area contributed by atoms with E-state index in [0.717, 1.165) is 0 Å². The van der Waals surface area contributed by atoms with Gasteiger partial charge in [0.1, 0.15) is 10.0 Å². The second kappa shape index (κ2) is 5.28. The first-order chi connectivity index (χ1) is 7.84. The zero-order valence-electron chi connectivity index (χ0n) is 9.09. The van der Waals surface area contributed by atoms with Crippen molar-refractivity contribution in [3.63, 3.8) is 0 Å². The predicted octanol–water partition coefficient (Wildman–Crippen LogP) is -0.243. The fourth-order valence-corrected chi connectivity index (χ4v) is 2.91. The number of sulfonamides is 1. The van der Waals surface area contributed by atoms with Gasteiger partial charge < -0.3 is 10.2 Å². The Labute approximate surface area is 104 Å². The molecule has 0 radical (unpaired) electrons. The summed E-state index contributed by atoms with van der Waals surface area (Å²) >= 11 is 5.67. The van der Waals surface area contributed by atoms with E-state index in [1.54, 1.807) is 0 Å². The van der Waals surface area contributed by atoms with Crippen LogP contribution in [0.3, 0.4) is 0 Å². The maximum absolute atomic E-state index is 11.9. The van der Waals surface area contributed by atoms with Gasteiger partial charge in [-0.05, 0) is 19.1 Å². The number of aromatic nitrogens is 1. The summed E-state index contributed by atoms with van der Waals surface area (Å²) < 4.78 is 26.0. The van der Waals surface area contributed by atoms with Gasteiger partial charge in [0.05, 0.1) is 18.8 Å². The van der Waals surface area contributed by atoms with Crippen LogP contribution in [0.25, 0.3) is 0 Å². The molecule has 0 saturated carbocycles. The third-order valence-electron chi connectivity index (χ3n) is 2.09. The van der Waals surface area contributed by atoms with E-state index in [-0.39, 0.29) is 10.0 Å². The zero-order chi connectivity index (χ0) is 13.1. The number of hydrogen-bond acceptors (Lipinski definition) is 5. The number of aliphatic hydroxyl groups is 2. The molecule has 6 nitrogen and oxygen atoms in total. The Kier molecular flexibility index (Phi) is 4.45. The Morgan fingerprint density at radius 2 is 2.06 bits per heavy atom. The molecule has 0 atom stereocenters. The molecule has 96 valence electrons. The van der Waals surface area contributed by atoms with E-state index in [2.05, 4.69) is 9.71 Å². The Balaban J connectivity index is 3.10. The van der Waals surface area contributed by atoms with Crippen LogP contribution in [0.4, 0.5) is 0 Å². The molecule has 3 N–H and O–H groups in total. The van der Waals surface area contributed by atoms with Gasteiger partial charge >= 0.3 is 0 Å². The van der Waals surface area contributed by atoms with Gasteiger partial charge in [-0.15, -0.1) is 0 Å². The molecule has 0 aliphatic heterocycles. The molecule has 0 amide bonds. The van der Waals surface area contributed by atoms with Crippen LogP contribution in [0.15, 0.2) is 23.2 Å². The highest BCUT2D eigenvalue weighted by Gasteiger charge is 2.30. The zero-order valence-corrected chi connectivity index (χ0v) is 10.7. The average molecular weight is 281 g/mol. The van der Waals surface area contributed by atoms with E-state index in [1.165, 1.54) is 25.3 Å². The highest BCUT2D eigenvalue weighted by molar-refractivity contribution is 7.89. The Morgan fingerprint density at radius 1 is 1.47 bits per heavy atom. The molecule has 0 saturated heterocycles. The molecule has 0 unspecified atom stereocenters. The fraction of sp³-hybridized carbons (Fsp3) is 0.444. The maximum atomic E-state index is 11.9. The number of pyridine rings is 1. The third-order valence-corrected chi connectivity index (χ3v) is 4.18. The van der Waals surface area contributed by atoms with Crippen LogP contribution in [0.5, 0.6) is 0 Å². The van der Waals surface area contributed by atoms with Crippen molar-refractivity contribution in [1.29, 1.82) is 0 Å². The highest BCUT2D eigenvalue weighted by Crippen LogP contribution is 2.19. The molecule has 17 heavy (non-hydrogen) atoms. The molecule has 0 spiro atoms. The molecule has 1 aromatic rings. The lowest BCUT2D eigenvalue weighted by molar-refractivity contribution is 0.122. The molecule has 1 aromatic heterocycles. The molecule has 0 aromatic carbocycles. The number of nitrogens with one attached hydrogen (secondary N) is 1. The normalized spacial score (nSPS) is 12.7. The molecule has 1 heterocycles. The van der Waals surface area contributed by atoms with Crippen molar-refractivity contribution in [2.24, 2.45) is 0 Å². The van der Waals surface area contributed by atoms with Crippen molar-refractivity contribution in [3.05, 3.63) is 23.5 Å². The van der Waals surface area contributed by atoms with Crippen molar-refractivity contribution in [3.8, 4) is 0 Å². The van der Waals surface area contributed by atoms with Gasteiger partial charge in [-0.2, -0.15) is 0 Å². The summed E-state index contributed by atoms with van der Waals surface area (Å²) in [6.07, 6.45) is 1.36. The van der Waals surface area contributed by atoms with Crippen LogP contribution in [0.1, 0.15) is 6.92 Å². The van der Waals surface area contributed by atoms with Crippen LogP contribution in [-0.4, -0.2) is 42.4 Å². The molecular formula is C9H13ClN2O4S. The minimum Gasteiger partial charge on any atom is -0.394 e. The van der Waals surface area contributed by atoms with Crippen molar-refractivity contribution >= 4 is 21.6 Å². The van der Waals surface area contributed by atoms with E-state index in [9.17, 15) is 8.42 Å². The lowest BCUT2D eigenvalue weighted by atomic mass is 10.1. The van der Waals surface area contributed by atoms with Crippen LogP contribution < -0.4 is 4.72 Å². The van der Waals surface area contributed by atoms with Gasteiger partial charge in [-0.1, -0.05) is 11.6 Å². The van der Waals surface area contributed by atoms with Crippen molar-refractivity contribution in [2.75, 3.05) is 13.2 Å². The number of halogens is 1. The summed E-state index contributed by atoms with van der Waals surface area (Å²) in [7, 11) is -3.94. The van der Waals surface area contributed by atoms with Gasteiger partial charge in [0.15, 0.2) is 0 Å². The molecule has 0 aliphatic carbocycles. The predicted molar refractivity (Wildman–Crippen MR) is 62.1 cm³/mol. The first-order valence-electron chi connectivity index (χ1n) is 4.71. The summed E-state index contributed by atoms with van der Waals surface area (Å²) in [5.41, 5.74) is -1.35. The lowest BCUT2D eigenvalue weighted by Crippen LogP contribution is -2.51. The summed E-state index contributed by atoms with van der Waals surface area (Å²) in [4.78, 5) is 3.45. The maximum Gasteiger partial charge on any atom is 0.244 e. The number of aliphatic hydroxyl groups excluding tert-OH is 2. The van der Waals surface area contributed by atoms with E-state index in [4.69, 9.17) is 21.8 Å². The summed E-state index contributed by atoms with van der Waals surface area (Å²) in [6.45, 7) is 0.288. The van der Waals surface area contributed by atoms with Gasteiger partial charge in [0.25, 0.3) is 0 Å². The first-order valence-corrected chi connectivity index (χ1v) is 6.57. The number of rotatable bonds is 5. The van der Waals surface area contributed by atoms with Gasteiger partial charge in [0.2, 0.25) is 10.0 Å². The molecule has 8 heteroatoms. The van der Waals surface area contributed by atoms with E-state index in [1.807, 2.05) is 0 Å². The molecule has 1 rings (SSSR count). The van der Waals surface area contributed by atoms with Crippen LogP contribution in [0.2, 0.25) is 5.15 Å². The summed E-state index contributed by atoms with van der Waals surface area (Å²) in [6, 6.07) is 2.71. The van der Waals surface area contributed by atoms with E-state index < -0.39 is 28.8 Å². The van der Waals surface area contributed by atoms with Crippen LogP contribution in [0, 0.1) is 0 Å². The molecular weight excluding hydrogens is 268 g/mol. The van der Waals surface area contributed by atoms with Crippen LogP contribution in [-0.2, 0) is 10.0 Å². The fourth-order valence-electron chi connectivity index (χ4n) is 1.07. The van der Waals surface area contributed by atoms with E-state index >= 15 is 0 Å².